The molecule has 3 aromatic rings. The number of halogens is 3. The first-order valence-corrected chi connectivity index (χ1v) is 13.2. The van der Waals surface area contributed by atoms with Crippen molar-refractivity contribution in [1.29, 1.82) is 0 Å². The van der Waals surface area contributed by atoms with Crippen LogP contribution in [0, 0.1) is 5.82 Å². The first-order valence-electron chi connectivity index (χ1n) is 11.0. The maximum absolute atomic E-state index is 13.8. The van der Waals surface area contributed by atoms with Crippen molar-refractivity contribution < 1.29 is 36.6 Å². The molecule has 202 valence electrons. The Bertz CT molecular complexity index is 1470. The van der Waals surface area contributed by atoms with E-state index in [1.54, 1.807) is 6.92 Å². The third-order valence-corrected chi connectivity index (χ3v) is 7.55. The molecule has 1 N–H and O–H groups in total. The van der Waals surface area contributed by atoms with Gasteiger partial charge in [0.1, 0.15) is 12.4 Å². The summed E-state index contributed by atoms with van der Waals surface area (Å²) in [6, 6.07) is 11.2. The molecule has 13 heteroatoms. The zero-order valence-electron chi connectivity index (χ0n) is 20.5. The zero-order chi connectivity index (χ0) is 28.0. The number of anilines is 2. The number of sulfonamides is 1. The van der Waals surface area contributed by atoms with Gasteiger partial charge in [0.2, 0.25) is 5.91 Å². The minimum atomic E-state index is -4.40. The maximum atomic E-state index is 13.8. The monoisotopic (exact) mass is 584 g/mol. The van der Waals surface area contributed by atoms with E-state index in [1.165, 1.54) is 56.7 Å². The third-order valence-electron chi connectivity index (χ3n) is 5.18. The van der Waals surface area contributed by atoms with E-state index in [9.17, 15) is 22.4 Å². The minimum Gasteiger partial charge on any atom is -0.493 e. The van der Waals surface area contributed by atoms with Crippen LogP contribution in [-0.2, 0) is 19.6 Å². The second-order valence-electron chi connectivity index (χ2n) is 7.59. The lowest BCUT2D eigenvalue weighted by atomic mass is 10.2. The molecule has 0 atom stereocenters. The van der Waals surface area contributed by atoms with E-state index in [-0.39, 0.29) is 44.2 Å². The van der Waals surface area contributed by atoms with Crippen LogP contribution in [0.1, 0.15) is 17.3 Å². The van der Waals surface area contributed by atoms with Crippen molar-refractivity contribution >= 4 is 56.5 Å². The predicted octanol–water partition coefficient (Wildman–Crippen LogP) is 5.16. The summed E-state index contributed by atoms with van der Waals surface area (Å²) in [6.07, 6.45) is 0. The van der Waals surface area contributed by atoms with Crippen LogP contribution in [0.4, 0.5) is 15.8 Å². The molecule has 0 spiro atoms. The standard InChI is InChI=1S/C25H23Cl2FN2O7S/c1-4-37-25(32)15-5-9-21(19(27)11-15)29-24(31)14-30(16-6-8-20(28)18(26)12-16)38(33,34)17-7-10-22(35-2)23(13-17)36-3/h5-13H,4,14H2,1-3H3,(H,29,31). The van der Waals surface area contributed by atoms with Gasteiger partial charge in [-0.3, -0.25) is 9.10 Å². The number of carbonyl (C=O) groups excluding carboxylic acids is 2. The second-order valence-corrected chi connectivity index (χ2v) is 10.3. The van der Waals surface area contributed by atoms with E-state index in [4.69, 9.17) is 37.4 Å². The lowest BCUT2D eigenvalue weighted by molar-refractivity contribution is -0.114. The summed E-state index contributed by atoms with van der Waals surface area (Å²) in [5, 5.41) is 2.21. The molecule has 0 aliphatic rings. The average molecular weight is 585 g/mol. The fourth-order valence-corrected chi connectivity index (χ4v) is 5.17. The van der Waals surface area contributed by atoms with E-state index in [2.05, 4.69) is 5.32 Å². The van der Waals surface area contributed by atoms with Crippen LogP contribution < -0.4 is 19.1 Å². The van der Waals surface area contributed by atoms with Crippen molar-refractivity contribution in [1.82, 2.24) is 0 Å². The normalized spacial score (nSPS) is 11.0. The van der Waals surface area contributed by atoms with Gasteiger partial charge in [-0.2, -0.15) is 0 Å². The highest BCUT2D eigenvalue weighted by Crippen LogP contribution is 2.33. The molecule has 0 aromatic heterocycles. The van der Waals surface area contributed by atoms with Gasteiger partial charge in [0.15, 0.2) is 11.5 Å². The molecule has 0 radical (unpaired) electrons. The Morgan fingerprint density at radius 1 is 0.947 bits per heavy atom. The molecular weight excluding hydrogens is 562 g/mol. The van der Waals surface area contributed by atoms with E-state index in [0.717, 1.165) is 16.4 Å². The molecule has 0 saturated carbocycles. The highest BCUT2D eigenvalue weighted by molar-refractivity contribution is 7.92. The Balaban J connectivity index is 1.97. The van der Waals surface area contributed by atoms with Gasteiger partial charge in [-0.1, -0.05) is 23.2 Å². The molecule has 0 aliphatic heterocycles. The summed E-state index contributed by atoms with van der Waals surface area (Å²) in [6.45, 7) is 1.10. The molecular formula is C25H23Cl2FN2O7S. The van der Waals surface area contributed by atoms with E-state index in [0.29, 0.717) is 5.75 Å². The summed E-state index contributed by atoms with van der Waals surface area (Å²) in [5.41, 5.74) is 0.240. The van der Waals surface area contributed by atoms with Gasteiger partial charge in [-0.15, -0.1) is 0 Å². The topological polar surface area (TPSA) is 111 Å². The van der Waals surface area contributed by atoms with Crippen LogP contribution in [0.15, 0.2) is 59.5 Å². The molecule has 0 fully saturated rings. The molecule has 0 bridgehead atoms. The fourth-order valence-electron chi connectivity index (χ4n) is 3.34. The number of nitrogens with zero attached hydrogens (tertiary/aromatic N) is 1. The zero-order valence-corrected chi connectivity index (χ0v) is 22.8. The van der Waals surface area contributed by atoms with Crippen LogP contribution >= 0.6 is 23.2 Å². The van der Waals surface area contributed by atoms with Crippen molar-refractivity contribution in [3.8, 4) is 11.5 Å². The van der Waals surface area contributed by atoms with Gasteiger partial charge in [0.05, 0.1) is 52.7 Å². The summed E-state index contributed by atoms with van der Waals surface area (Å²) < 4.78 is 57.2. The number of ether oxygens (including phenoxy) is 3. The molecule has 38 heavy (non-hydrogen) atoms. The fraction of sp³-hybridized carbons (Fsp3) is 0.200. The van der Waals surface area contributed by atoms with Gasteiger partial charge in [-0.25, -0.2) is 17.6 Å². The first kappa shape index (κ1) is 29.0. The van der Waals surface area contributed by atoms with E-state index in [1.807, 2.05) is 0 Å². The SMILES string of the molecule is CCOC(=O)c1ccc(NC(=O)CN(c2ccc(F)c(Cl)c2)S(=O)(=O)c2ccc(OC)c(OC)c2)c(Cl)c1. The highest BCUT2D eigenvalue weighted by Gasteiger charge is 2.29. The summed E-state index contributed by atoms with van der Waals surface area (Å²) in [5.74, 6) is -1.70. The van der Waals surface area contributed by atoms with E-state index >= 15 is 0 Å². The number of methoxy groups -OCH3 is 2. The van der Waals surface area contributed by atoms with E-state index < -0.39 is 34.3 Å². The summed E-state index contributed by atoms with van der Waals surface area (Å²) in [7, 11) is -1.66. The average Bonchev–Trinajstić information content (AvgIpc) is 2.89. The lowest BCUT2D eigenvalue weighted by Gasteiger charge is -2.25. The quantitative estimate of drug-likeness (QED) is 0.327. The second kappa shape index (κ2) is 12.3. The van der Waals surface area contributed by atoms with Crippen molar-refractivity contribution in [2.24, 2.45) is 0 Å². The Hall–Kier alpha value is -3.54. The molecule has 0 aliphatic carbocycles. The van der Waals surface area contributed by atoms with Gasteiger partial charge >= 0.3 is 5.97 Å². The van der Waals surface area contributed by atoms with Crippen LogP contribution in [-0.4, -0.2) is 47.7 Å². The smallest absolute Gasteiger partial charge is 0.338 e. The maximum Gasteiger partial charge on any atom is 0.338 e. The predicted molar refractivity (Wildman–Crippen MR) is 142 cm³/mol. The number of esters is 1. The van der Waals surface area contributed by atoms with Crippen LogP contribution in [0.2, 0.25) is 10.0 Å². The molecule has 0 heterocycles. The van der Waals surface area contributed by atoms with Crippen molar-refractivity contribution in [3.05, 3.63) is 76.0 Å². The van der Waals surface area contributed by atoms with Crippen LogP contribution in [0.3, 0.4) is 0 Å². The Morgan fingerprint density at radius 2 is 1.66 bits per heavy atom. The summed E-state index contributed by atoms with van der Waals surface area (Å²) >= 11 is 12.1. The molecule has 3 aromatic carbocycles. The number of hydrogen-bond acceptors (Lipinski definition) is 7. The molecule has 9 nitrogen and oxygen atoms in total. The van der Waals surface area contributed by atoms with Crippen molar-refractivity contribution in [2.75, 3.05) is 37.0 Å². The number of hydrogen-bond donors (Lipinski definition) is 1. The van der Waals surface area contributed by atoms with Gasteiger partial charge in [0.25, 0.3) is 10.0 Å². The largest absolute Gasteiger partial charge is 0.493 e. The minimum absolute atomic E-state index is 0.0306. The van der Waals surface area contributed by atoms with Crippen LogP contribution in [0.25, 0.3) is 0 Å². The number of carbonyl (C=O) groups is 2. The van der Waals surface area contributed by atoms with Gasteiger partial charge in [0, 0.05) is 6.07 Å². The highest BCUT2D eigenvalue weighted by atomic mass is 35.5. The molecule has 0 unspecified atom stereocenters. The number of nitrogens with one attached hydrogen (secondary N) is 1. The third kappa shape index (κ3) is 6.47. The van der Waals surface area contributed by atoms with Gasteiger partial charge < -0.3 is 19.5 Å². The molecule has 0 saturated heterocycles. The lowest BCUT2D eigenvalue weighted by Crippen LogP contribution is -2.38. The van der Waals surface area contributed by atoms with Gasteiger partial charge in [-0.05, 0) is 55.5 Å². The van der Waals surface area contributed by atoms with Crippen LogP contribution in [0.5, 0.6) is 11.5 Å². The molecule has 1 amide bonds. The molecule has 3 rings (SSSR count). The number of benzene rings is 3. The Kier molecular flexibility index (Phi) is 9.42. The summed E-state index contributed by atoms with van der Waals surface area (Å²) in [4.78, 5) is 24.7. The Morgan fingerprint density at radius 3 is 2.26 bits per heavy atom. The number of rotatable bonds is 10. The van der Waals surface area contributed by atoms with Crippen molar-refractivity contribution in [2.45, 2.75) is 11.8 Å². The number of amides is 1. The van der Waals surface area contributed by atoms with Crippen molar-refractivity contribution in [3.63, 3.8) is 0 Å². The Labute approximate surface area is 229 Å². The first-order chi connectivity index (χ1) is 18.0.